The van der Waals surface area contributed by atoms with Crippen LogP contribution in [0.5, 0.6) is 5.75 Å². The number of aryl methyl sites for hydroxylation is 1. The maximum Gasteiger partial charge on any atom is 0.331 e. The van der Waals surface area contributed by atoms with Gasteiger partial charge in [0.25, 0.3) is 0 Å². The van der Waals surface area contributed by atoms with Crippen LogP contribution in [-0.4, -0.2) is 43.8 Å². The molecule has 6 nitrogen and oxygen atoms in total. The monoisotopic (exact) mass is 463 g/mol. The summed E-state index contributed by atoms with van der Waals surface area (Å²) in [6.45, 7) is 4.98. The zero-order chi connectivity index (χ0) is 21.4. The number of ketones is 1. The first-order valence-electron chi connectivity index (χ1n) is 9.24. The summed E-state index contributed by atoms with van der Waals surface area (Å²) in [7, 11) is 3.23. The molecule has 1 aromatic heterocycles. The van der Waals surface area contributed by atoms with Gasteiger partial charge in [-0.25, -0.2) is 4.79 Å². The Morgan fingerprint density at radius 1 is 1.17 bits per heavy atom. The number of carbonyl (C=O) groups excluding carboxylic acids is 2. The minimum Gasteiger partial charge on any atom is -0.496 e. The fourth-order valence-corrected chi connectivity index (χ4v) is 3.43. The smallest absolute Gasteiger partial charge is 0.331 e. The number of ether oxygens (including phenoxy) is 3. The van der Waals surface area contributed by atoms with Crippen LogP contribution in [0.3, 0.4) is 0 Å². The van der Waals surface area contributed by atoms with Crippen molar-refractivity contribution in [3.8, 4) is 5.75 Å². The molecule has 1 aromatic carbocycles. The predicted molar refractivity (Wildman–Crippen MR) is 115 cm³/mol. The molecule has 29 heavy (non-hydrogen) atoms. The number of benzene rings is 1. The van der Waals surface area contributed by atoms with E-state index in [1.54, 1.807) is 26.4 Å². The number of hydrogen-bond donors (Lipinski definition) is 0. The number of Topliss-reactive ketones (excluding diaryl/α,β-unsaturated/α-hetero) is 1. The summed E-state index contributed by atoms with van der Waals surface area (Å²) in [4.78, 5) is 24.6. The summed E-state index contributed by atoms with van der Waals surface area (Å²) in [6, 6.07) is 7.30. The highest BCUT2D eigenvalue weighted by molar-refractivity contribution is 9.10. The number of nitrogens with zero attached hydrogens (tertiary/aromatic N) is 1. The normalized spacial score (nSPS) is 11.1. The van der Waals surface area contributed by atoms with E-state index in [4.69, 9.17) is 14.2 Å². The van der Waals surface area contributed by atoms with E-state index in [0.717, 1.165) is 34.4 Å². The molecule has 0 aliphatic carbocycles. The lowest BCUT2D eigenvalue weighted by atomic mass is 10.1. The van der Waals surface area contributed by atoms with Crippen molar-refractivity contribution in [2.45, 2.75) is 26.8 Å². The van der Waals surface area contributed by atoms with Crippen molar-refractivity contribution in [3.05, 3.63) is 57.3 Å². The fraction of sp³-hybridized carbons (Fsp3) is 0.364. The number of hydrogen-bond acceptors (Lipinski definition) is 5. The second kappa shape index (κ2) is 11.0. The van der Waals surface area contributed by atoms with E-state index >= 15 is 0 Å². The van der Waals surface area contributed by atoms with Gasteiger partial charge in [0.05, 0.1) is 7.11 Å². The van der Waals surface area contributed by atoms with E-state index in [-0.39, 0.29) is 12.4 Å². The average molecular weight is 464 g/mol. The van der Waals surface area contributed by atoms with Crippen LogP contribution in [-0.2, 0) is 20.8 Å². The average Bonchev–Trinajstić information content (AvgIpc) is 2.99. The largest absolute Gasteiger partial charge is 0.496 e. The molecule has 0 unspecified atom stereocenters. The molecule has 0 aliphatic rings. The predicted octanol–water partition coefficient (Wildman–Crippen LogP) is 4.35. The molecule has 0 radical (unpaired) electrons. The van der Waals surface area contributed by atoms with Crippen LogP contribution in [0.2, 0.25) is 0 Å². The number of halogens is 1. The molecule has 0 amide bonds. The molecule has 1 heterocycles. The molecule has 0 saturated carbocycles. The highest BCUT2D eigenvalue weighted by atomic mass is 79.9. The number of methoxy groups -OCH3 is 2. The lowest BCUT2D eigenvalue weighted by Crippen LogP contribution is -2.14. The Bertz CT molecular complexity index is 901. The van der Waals surface area contributed by atoms with Gasteiger partial charge < -0.3 is 18.8 Å². The summed E-state index contributed by atoms with van der Waals surface area (Å²) < 4.78 is 18.4. The van der Waals surface area contributed by atoms with Gasteiger partial charge in [-0.3, -0.25) is 4.79 Å². The van der Waals surface area contributed by atoms with E-state index in [9.17, 15) is 9.59 Å². The standard InChI is InChI=1S/C22H26BrNO5/c1-15-12-19(16(2)24(15)10-5-11-27-3)20(25)14-29-22(26)9-6-17-13-18(23)7-8-21(17)28-4/h6-9,12-13H,5,10-11,14H2,1-4H3/b9-6+. The molecule has 0 atom stereocenters. The topological polar surface area (TPSA) is 66.8 Å². The Morgan fingerprint density at radius 3 is 2.62 bits per heavy atom. The van der Waals surface area contributed by atoms with Crippen LogP contribution < -0.4 is 4.74 Å². The summed E-state index contributed by atoms with van der Waals surface area (Å²) in [6.07, 6.45) is 3.74. The number of rotatable bonds is 10. The summed E-state index contributed by atoms with van der Waals surface area (Å²) in [5, 5.41) is 0. The number of esters is 1. The van der Waals surface area contributed by atoms with Crippen LogP contribution in [0.25, 0.3) is 6.08 Å². The van der Waals surface area contributed by atoms with Crippen molar-refractivity contribution in [1.82, 2.24) is 4.57 Å². The molecule has 2 aromatic rings. The zero-order valence-corrected chi connectivity index (χ0v) is 18.7. The Morgan fingerprint density at radius 2 is 1.93 bits per heavy atom. The van der Waals surface area contributed by atoms with Crippen LogP contribution >= 0.6 is 15.9 Å². The summed E-state index contributed by atoms with van der Waals surface area (Å²) in [5.41, 5.74) is 3.17. The van der Waals surface area contributed by atoms with E-state index in [0.29, 0.717) is 17.9 Å². The lowest BCUT2D eigenvalue weighted by molar-refractivity contribution is -0.136. The highest BCUT2D eigenvalue weighted by Gasteiger charge is 2.16. The molecular weight excluding hydrogens is 438 g/mol. The van der Waals surface area contributed by atoms with Crippen molar-refractivity contribution in [1.29, 1.82) is 0 Å². The van der Waals surface area contributed by atoms with E-state index in [2.05, 4.69) is 20.5 Å². The van der Waals surface area contributed by atoms with E-state index < -0.39 is 5.97 Å². The number of carbonyl (C=O) groups is 2. The van der Waals surface area contributed by atoms with Gasteiger partial charge >= 0.3 is 5.97 Å². The quantitative estimate of drug-likeness (QED) is 0.226. The minimum absolute atomic E-state index is 0.224. The molecular formula is C22H26BrNO5. The van der Waals surface area contributed by atoms with Gasteiger partial charge in [-0.15, -0.1) is 0 Å². The first kappa shape index (κ1) is 22.9. The third-order valence-corrected chi connectivity index (χ3v) is 5.03. The van der Waals surface area contributed by atoms with Crippen molar-refractivity contribution in [3.63, 3.8) is 0 Å². The SMILES string of the molecule is COCCCn1c(C)cc(C(=O)COC(=O)/C=C/c2cc(Br)ccc2OC)c1C. The van der Waals surface area contributed by atoms with Gasteiger partial charge in [-0.1, -0.05) is 15.9 Å². The van der Waals surface area contributed by atoms with Crippen LogP contribution in [0.15, 0.2) is 34.8 Å². The van der Waals surface area contributed by atoms with Crippen LogP contribution in [0.1, 0.15) is 33.7 Å². The molecule has 0 saturated heterocycles. The van der Waals surface area contributed by atoms with E-state index in [1.807, 2.05) is 32.0 Å². The highest BCUT2D eigenvalue weighted by Crippen LogP contribution is 2.24. The molecule has 0 N–H and O–H groups in total. The molecule has 2 rings (SSSR count). The van der Waals surface area contributed by atoms with Crippen LogP contribution in [0.4, 0.5) is 0 Å². The molecule has 7 heteroatoms. The van der Waals surface area contributed by atoms with Crippen molar-refractivity contribution in [2.75, 3.05) is 27.4 Å². The maximum atomic E-state index is 12.5. The zero-order valence-electron chi connectivity index (χ0n) is 17.2. The minimum atomic E-state index is -0.589. The van der Waals surface area contributed by atoms with Gasteiger partial charge in [-0.05, 0) is 50.6 Å². The first-order chi connectivity index (χ1) is 13.9. The van der Waals surface area contributed by atoms with Crippen LogP contribution in [0, 0.1) is 13.8 Å². The second-order valence-corrected chi connectivity index (χ2v) is 7.45. The Kier molecular flexibility index (Phi) is 8.67. The van der Waals surface area contributed by atoms with Gasteiger partial charge in [0.1, 0.15) is 5.75 Å². The Balaban J connectivity index is 1.98. The summed E-state index contributed by atoms with van der Waals surface area (Å²) >= 11 is 3.38. The Labute approximate surface area is 179 Å². The second-order valence-electron chi connectivity index (χ2n) is 6.53. The van der Waals surface area contributed by atoms with Gasteiger partial charge in [-0.2, -0.15) is 0 Å². The molecule has 0 bridgehead atoms. The van der Waals surface area contributed by atoms with Gasteiger partial charge in [0.2, 0.25) is 5.78 Å². The molecule has 0 aliphatic heterocycles. The van der Waals surface area contributed by atoms with Gasteiger partial charge in [0, 0.05) is 53.3 Å². The Hall–Kier alpha value is -2.38. The molecule has 0 spiro atoms. The summed E-state index contributed by atoms with van der Waals surface area (Å²) in [5.74, 6) is -0.179. The number of aromatic nitrogens is 1. The lowest BCUT2D eigenvalue weighted by Gasteiger charge is -2.09. The van der Waals surface area contributed by atoms with Crippen molar-refractivity contribution < 1.29 is 23.8 Å². The molecule has 156 valence electrons. The fourth-order valence-electron chi connectivity index (χ4n) is 3.05. The van der Waals surface area contributed by atoms with Crippen molar-refractivity contribution in [2.24, 2.45) is 0 Å². The van der Waals surface area contributed by atoms with E-state index in [1.165, 1.54) is 6.08 Å². The van der Waals surface area contributed by atoms with Crippen molar-refractivity contribution >= 4 is 33.8 Å². The first-order valence-corrected chi connectivity index (χ1v) is 10.0. The third kappa shape index (κ3) is 6.30. The third-order valence-electron chi connectivity index (χ3n) is 4.54. The maximum absolute atomic E-state index is 12.5. The molecule has 0 fully saturated rings. The van der Waals surface area contributed by atoms with Gasteiger partial charge in [0.15, 0.2) is 6.61 Å².